The Balaban J connectivity index is 1.51. The molecular weight excluding hydrogens is 374 g/mol. The van der Waals surface area contributed by atoms with Crippen molar-refractivity contribution in [3.63, 3.8) is 0 Å². The van der Waals surface area contributed by atoms with Crippen molar-refractivity contribution in [3.8, 4) is 0 Å². The number of hydrogen-bond acceptors (Lipinski definition) is 5. The average molecular weight is 395 g/mol. The Morgan fingerprint density at radius 2 is 2.04 bits per heavy atom. The second-order valence-electron chi connectivity index (χ2n) is 6.95. The lowest BCUT2D eigenvalue weighted by atomic mass is 10.1. The van der Waals surface area contributed by atoms with Gasteiger partial charge < -0.3 is 15.2 Å². The largest absolute Gasteiger partial charge is 0.357 e. The molecule has 0 saturated carbocycles. The molecule has 8 heteroatoms. The summed E-state index contributed by atoms with van der Waals surface area (Å²) in [5, 5.41) is 3.43. The second-order valence-corrected chi connectivity index (χ2v) is 7.34. The van der Waals surface area contributed by atoms with E-state index in [4.69, 9.17) is 12.2 Å². The Bertz CT molecular complexity index is 1160. The standard InChI is InChI=1S/C20H21N5O2S/c1-24-19(27)15-5-4-14(11-16(15)23-20(24)28)18(26)22-12-13-6-7-21-17(10-13)25-8-2-3-9-25/h4-7,10-11H,2-3,8-9,12H2,1H3,(H,22,26)(H,23,28). The number of carbonyl (C=O) groups excluding carboxylic acids is 1. The van der Waals surface area contributed by atoms with Crippen LogP contribution in [0.15, 0.2) is 41.3 Å². The molecule has 3 aromatic rings. The molecule has 1 aliphatic rings. The Labute approximate surface area is 167 Å². The number of aromatic amines is 1. The minimum Gasteiger partial charge on any atom is -0.357 e. The van der Waals surface area contributed by atoms with Gasteiger partial charge in [0.25, 0.3) is 11.5 Å². The van der Waals surface area contributed by atoms with E-state index in [1.807, 2.05) is 12.1 Å². The summed E-state index contributed by atoms with van der Waals surface area (Å²) >= 11 is 5.15. The number of H-pyrrole nitrogens is 1. The number of anilines is 1. The molecule has 7 nitrogen and oxygen atoms in total. The molecule has 3 heterocycles. The first kappa shape index (κ1) is 18.4. The first-order valence-corrected chi connectivity index (χ1v) is 9.65. The summed E-state index contributed by atoms with van der Waals surface area (Å²) in [7, 11) is 1.62. The van der Waals surface area contributed by atoms with Crippen molar-refractivity contribution in [1.82, 2.24) is 19.9 Å². The van der Waals surface area contributed by atoms with Gasteiger partial charge in [-0.1, -0.05) is 0 Å². The fourth-order valence-electron chi connectivity index (χ4n) is 3.42. The monoisotopic (exact) mass is 395 g/mol. The van der Waals surface area contributed by atoms with Crippen LogP contribution in [0.5, 0.6) is 0 Å². The number of nitrogens with zero attached hydrogens (tertiary/aromatic N) is 3. The van der Waals surface area contributed by atoms with Crippen molar-refractivity contribution in [1.29, 1.82) is 0 Å². The molecule has 1 aromatic carbocycles. The summed E-state index contributed by atoms with van der Waals surface area (Å²) in [6.45, 7) is 2.47. The van der Waals surface area contributed by atoms with Gasteiger partial charge in [0.2, 0.25) is 0 Å². The minimum atomic E-state index is -0.207. The summed E-state index contributed by atoms with van der Waals surface area (Å²) < 4.78 is 1.69. The third-order valence-corrected chi connectivity index (χ3v) is 5.43. The third-order valence-electron chi connectivity index (χ3n) is 5.06. The van der Waals surface area contributed by atoms with E-state index in [-0.39, 0.29) is 11.5 Å². The smallest absolute Gasteiger partial charge is 0.261 e. The first-order chi connectivity index (χ1) is 13.5. The molecule has 0 aliphatic carbocycles. The fraction of sp³-hybridized carbons (Fsp3) is 0.300. The fourth-order valence-corrected chi connectivity index (χ4v) is 3.61. The van der Waals surface area contributed by atoms with Gasteiger partial charge in [-0.3, -0.25) is 14.2 Å². The molecule has 0 bridgehead atoms. The van der Waals surface area contributed by atoms with Crippen LogP contribution in [0.4, 0.5) is 5.82 Å². The molecule has 1 aliphatic heterocycles. The maximum absolute atomic E-state index is 12.6. The van der Waals surface area contributed by atoms with Crippen LogP contribution in [0.2, 0.25) is 0 Å². The van der Waals surface area contributed by atoms with Crippen LogP contribution in [0.1, 0.15) is 28.8 Å². The number of pyridine rings is 1. The number of rotatable bonds is 4. The van der Waals surface area contributed by atoms with E-state index < -0.39 is 0 Å². The van der Waals surface area contributed by atoms with Crippen LogP contribution in [0.25, 0.3) is 10.9 Å². The van der Waals surface area contributed by atoms with Crippen molar-refractivity contribution < 1.29 is 4.79 Å². The average Bonchev–Trinajstić information content (AvgIpc) is 3.25. The summed E-state index contributed by atoms with van der Waals surface area (Å²) in [6.07, 6.45) is 4.16. The molecule has 2 aromatic heterocycles. The van der Waals surface area contributed by atoms with Gasteiger partial charge in [0.05, 0.1) is 10.9 Å². The Morgan fingerprint density at radius 1 is 1.25 bits per heavy atom. The Morgan fingerprint density at radius 3 is 2.82 bits per heavy atom. The van der Waals surface area contributed by atoms with Crippen molar-refractivity contribution >= 4 is 34.8 Å². The molecule has 0 unspecified atom stereocenters. The lowest BCUT2D eigenvalue weighted by Crippen LogP contribution is -2.24. The summed E-state index contributed by atoms with van der Waals surface area (Å²) in [5.41, 5.74) is 1.84. The van der Waals surface area contributed by atoms with Gasteiger partial charge in [0.1, 0.15) is 5.82 Å². The third kappa shape index (κ3) is 3.55. The van der Waals surface area contributed by atoms with Crippen LogP contribution in [-0.4, -0.2) is 33.5 Å². The zero-order valence-corrected chi connectivity index (χ0v) is 16.4. The molecule has 144 valence electrons. The molecule has 2 N–H and O–H groups in total. The van der Waals surface area contributed by atoms with E-state index in [0.29, 0.717) is 27.8 Å². The van der Waals surface area contributed by atoms with Gasteiger partial charge in [-0.05, 0) is 61.0 Å². The van der Waals surface area contributed by atoms with E-state index in [1.54, 1.807) is 31.4 Å². The molecule has 1 amide bonds. The number of hydrogen-bond donors (Lipinski definition) is 2. The molecule has 0 radical (unpaired) electrons. The van der Waals surface area contributed by atoms with Crippen LogP contribution in [0.3, 0.4) is 0 Å². The highest BCUT2D eigenvalue weighted by Gasteiger charge is 2.14. The predicted molar refractivity (Wildman–Crippen MR) is 111 cm³/mol. The summed E-state index contributed by atoms with van der Waals surface area (Å²) in [6, 6.07) is 8.88. The van der Waals surface area contributed by atoms with Gasteiger partial charge in [-0.2, -0.15) is 0 Å². The van der Waals surface area contributed by atoms with Crippen LogP contribution in [0, 0.1) is 4.77 Å². The molecule has 0 spiro atoms. The van der Waals surface area contributed by atoms with E-state index in [9.17, 15) is 9.59 Å². The van der Waals surface area contributed by atoms with E-state index in [2.05, 4.69) is 20.2 Å². The number of amides is 1. The number of aromatic nitrogens is 3. The topological polar surface area (TPSA) is 83.0 Å². The molecule has 0 atom stereocenters. The highest BCUT2D eigenvalue weighted by Crippen LogP contribution is 2.18. The number of nitrogens with one attached hydrogen (secondary N) is 2. The normalized spacial score (nSPS) is 13.8. The zero-order chi connectivity index (χ0) is 19.7. The maximum atomic E-state index is 12.6. The minimum absolute atomic E-state index is 0.183. The highest BCUT2D eigenvalue weighted by molar-refractivity contribution is 7.71. The molecule has 1 fully saturated rings. The Hall–Kier alpha value is -3.00. The van der Waals surface area contributed by atoms with E-state index >= 15 is 0 Å². The van der Waals surface area contributed by atoms with Gasteiger partial charge in [-0.25, -0.2) is 4.98 Å². The predicted octanol–water partition coefficient (Wildman–Crippen LogP) is 2.52. The summed E-state index contributed by atoms with van der Waals surface area (Å²) in [5.74, 6) is 0.750. The van der Waals surface area contributed by atoms with Crippen molar-refractivity contribution in [2.75, 3.05) is 18.0 Å². The molecule has 4 rings (SSSR count). The van der Waals surface area contributed by atoms with Gasteiger partial charge in [-0.15, -0.1) is 0 Å². The maximum Gasteiger partial charge on any atom is 0.261 e. The van der Waals surface area contributed by atoms with Crippen LogP contribution >= 0.6 is 12.2 Å². The summed E-state index contributed by atoms with van der Waals surface area (Å²) in [4.78, 5) is 34.5. The lowest BCUT2D eigenvalue weighted by molar-refractivity contribution is 0.0951. The Kier molecular flexibility index (Phi) is 4.95. The lowest BCUT2D eigenvalue weighted by Gasteiger charge is -2.17. The van der Waals surface area contributed by atoms with E-state index in [1.165, 1.54) is 17.4 Å². The van der Waals surface area contributed by atoms with Crippen molar-refractivity contribution in [3.05, 3.63) is 62.8 Å². The molecule has 28 heavy (non-hydrogen) atoms. The van der Waals surface area contributed by atoms with Crippen molar-refractivity contribution in [2.24, 2.45) is 7.05 Å². The van der Waals surface area contributed by atoms with Crippen LogP contribution < -0.4 is 15.8 Å². The number of carbonyl (C=O) groups is 1. The van der Waals surface area contributed by atoms with Crippen LogP contribution in [-0.2, 0) is 13.6 Å². The van der Waals surface area contributed by atoms with E-state index in [0.717, 1.165) is 24.5 Å². The second kappa shape index (κ2) is 7.55. The number of benzene rings is 1. The first-order valence-electron chi connectivity index (χ1n) is 9.24. The molecular formula is C20H21N5O2S. The van der Waals surface area contributed by atoms with Gasteiger partial charge in [0.15, 0.2) is 4.77 Å². The number of fused-ring (bicyclic) bond motifs is 1. The van der Waals surface area contributed by atoms with Gasteiger partial charge >= 0.3 is 0 Å². The highest BCUT2D eigenvalue weighted by atomic mass is 32.1. The van der Waals surface area contributed by atoms with Crippen molar-refractivity contribution in [2.45, 2.75) is 19.4 Å². The molecule has 1 saturated heterocycles. The zero-order valence-electron chi connectivity index (χ0n) is 15.6. The quantitative estimate of drug-likeness (QED) is 0.664. The van der Waals surface area contributed by atoms with Gasteiger partial charge in [0, 0.05) is 38.4 Å². The SMILES string of the molecule is Cn1c(=S)[nH]c2cc(C(=O)NCc3ccnc(N4CCCC4)c3)ccc2c1=O.